The molecule has 2 amide bonds. The van der Waals surface area contributed by atoms with Gasteiger partial charge in [0.05, 0.1) is 11.4 Å². The molecule has 0 fully saturated rings. The van der Waals surface area contributed by atoms with Crippen LogP contribution in [0.1, 0.15) is 31.3 Å². The first kappa shape index (κ1) is 19.4. The highest BCUT2D eigenvalue weighted by Crippen LogP contribution is 2.27. The first-order valence-corrected chi connectivity index (χ1v) is 9.82. The summed E-state index contributed by atoms with van der Waals surface area (Å²) in [4.78, 5) is 29.9. The van der Waals surface area contributed by atoms with Crippen molar-refractivity contribution < 1.29 is 9.59 Å². The number of rotatable bonds is 4. The molecule has 0 spiro atoms. The maximum atomic E-state index is 12.5. The number of aromatic nitrogens is 5. The van der Waals surface area contributed by atoms with E-state index in [9.17, 15) is 9.59 Å². The number of hydrazine groups is 1. The van der Waals surface area contributed by atoms with Crippen molar-refractivity contribution in [3.8, 4) is 16.3 Å². The van der Waals surface area contributed by atoms with E-state index in [2.05, 4.69) is 31.4 Å². The lowest BCUT2D eigenvalue weighted by Gasteiger charge is -2.09. The lowest BCUT2D eigenvalue weighted by atomic mass is 10.1. The fourth-order valence-corrected chi connectivity index (χ4v) is 3.85. The summed E-state index contributed by atoms with van der Waals surface area (Å²) in [5.74, 6) is -0.845. The van der Waals surface area contributed by atoms with Crippen LogP contribution in [0.25, 0.3) is 16.3 Å². The number of hydrogen-bond donors (Lipinski definition) is 2. The molecule has 0 saturated heterocycles. The van der Waals surface area contributed by atoms with Crippen LogP contribution in [0.3, 0.4) is 0 Å². The summed E-state index contributed by atoms with van der Waals surface area (Å²) in [5, 5.41) is 11.8. The molecule has 0 radical (unpaired) electrons. The second-order valence-corrected chi connectivity index (χ2v) is 7.46. The summed E-state index contributed by atoms with van der Waals surface area (Å²) in [7, 11) is 0. The second kappa shape index (κ2) is 8.21. The van der Waals surface area contributed by atoms with E-state index in [0.717, 1.165) is 21.8 Å². The van der Waals surface area contributed by atoms with Gasteiger partial charge in [0.25, 0.3) is 11.8 Å². The molecule has 30 heavy (non-hydrogen) atoms. The molecule has 9 nitrogen and oxygen atoms in total. The molecule has 2 N–H and O–H groups in total. The topological polar surface area (TPSA) is 115 Å². The van der Waals surface area contributed by atoms with Crippen LogP contribution in [0.15, 0.2) is 54.9 Å². The van der Waals surface area contributed by atoms with Crippen LogP contribution in [-0.4, -0.2) is 37.0 Å². The molecular weight excluding hydrogens is 402 g/mol. The van der Waals surface area contributed by atoms with E-state index in [4.69, 9.17) is 0 Å². The first-order chi connectivity index (χ1) is 14.5. The average Bonchev–Trinajstić information content (AvgIpc) is 3.42. The molecule has 0 atom stereocenters. The van der Waals surface area contributed by atoms with Gasteiger partial charge in [0.1, 0.15) is 16.2 Å². The van der Waals surface area contributed by atoms with E-state index < -0.39 is 11.8 Å². The monoisotopic (exact) mass is 419 g/mol. The number of benzene rings is 2. The van der Waals surface area contributed by atoms with Crippen molar-refractivity contribution in [3.63, 3.8) is 0 Å². The molecule has 10 heteroatoms. The van der Waals surface area contributed by atoms with Crippen molar-refractivity contribution in [2.75, 3.05) is 0 Å². The molecule has 0 bridgehead atoms. The number of hydrogen-bond acceptors (Lipinski definition) is 7. The predicted molar refractivity (Wildman–Crippen MR) is 111 cm³/mol. The van der Waals surface area contributed by atoms with Crippen LogP contribution in [0.5, 0.6) is 0 Å². The molecule has 0 unspecified atom stereocenters. The quantitative estimate of drug-likeness (QED) is 0.491. The molecule has 0 aliphatic rings. The van der Waals surface area contributed by atoms with Gasteiger partial charge in [-0.3, -0.25) is 20.4 Å². The van der Waals surface area contributed by atoms with Gasteiger partial charge in [0.15, 0.2) is 0 Å². The van der Waals surface area contributed by atoms with Gasteiger partial charge < -0.3 is 0 Å². The first-order valence-electron chi connectivity index (χ1n) is 9.00. The Bertz CT molecular complexity index is 1200. The fourth-order valence-electron chi connectivity index (χ4n) is 2.88. The lowest BCUT2D eigenvalue weighted by Crippen LogP contribution is -2.41. The Kier molecular flexibility index (Phi) is 5.31. The third-order valence-corrected chi connectivity index (χ3v) is 5.57. The van der Waals surface area contributed by atoms with E-state index in [1.54, 1.807) is 25.1 Å². The SMILES string of the molecule is Cc1cc(C(=O)NNC(=O)c2sc(-c3ccccc3)nc2C)ccc1-n1cnnn1. The van der Waals surface area contributed by atoms with Crippen LogP contribution in [0.2, 0.25) is 0 Å². The van der Waals surface area contributed by atoms with Crippen molar-refractivity contribution in [3.05, 3.63) is 76.6 Å². The number of nitrogens with one attached hydrogen (secondary N) is 2. The standard InChI is InChI=1S/C20H17N7O2S/c1-12-10-15(8-9-16(12)27-11-21-25-26-27)18(28)23-24-19(29)17-13(2)22-20(30-17)14-6-4-3-5-7-14/h3-11H,1-2H3,(H,23,28)(H,24,29). The second-order valence-electron chi connectivity index (χ2n) is 6.46. The van der Waals surface area contributed by atoms with Crippen molar-refractivity contribution in [1.82, 2.24) is 36.0 Å². The van der Waals surface area contributed by atoms with Gasteiger partial charge in [-0.2, -0.15) is 0 Å². The zero-order valence-electron chi connectivity index (χ0n) is 16.2. The molecule has 4 rings (SSSR count). The largest absolute Gasteiger partial charge is 0.281 e. The molecule has 0 saturated carbocycles. The zero-order valence-corrected chi connectivity index (χ0v) is 17.0. The molecule has 0 aliphatic carbocycles. The van der Waals surface area contributed by atoms with Crippen LogP contribution in [0.4, 0.5) is 0 Å². The fraction of sp³-hybridized carbons (Fsp3) is 0.100. The predicted octanol–water partition coefficient (Wildman–Crippen LogP) is 2.48. The summed E-state index contributed by atoms with van der Waals surface area (Å²) in [6, 6.07) is 14.7. The lowest BCUT2D eigenvalue weighted by molar-refractivity contribution is 0.0848. The van der Waals surface area contributed by atoms with E-state index in [1.807, 2.05) is 37.3 Å². The summed E-state index contributed by atoms with van der Waals surface area (Å²) in [6.45, 7) is 3.61. The van der Waals surface area contributed by atoms with Crippen molar-refractivity contribution in [1.29, 1.82) is 0 Å². The van der Waals surface area contributed by atoms with Crippen molar-refractivity contribution in [2.45, 2.75) is 13.8 Å². The van der Waals surface area contributed by atoms with Gasteiger partial charge in [-0.1, -0.05) is 30.3 Å². The van der Waals surface area contributed by atoms with Crippen molar-refractivity contribution in [2.24, 2.45) is 0 Å². The molecule has 2 aromatic carbocycles. The summed E-state index contributed by atoms with van der Waals surface area (Å²) in [5.41, 5.74) is 8.42. The van der Waals surface area contributed by atoms with Gasteiger partial charge in [0, 0.05) is 11.1 Å². The normalized spacial score (nSPS) is 10.6. The smallest absolute Gasteiger partial charge is 0.267 e. The number of carbonyl (C=O) groups is 2. The highest BCUT2D eigenvalue weighted by atomic mass is 32.1. The van der Waals surface area contributed by atoms with Crippen LogP contribution < -0.4 is 10.9 Å². The number of carbonyl (C=O) groups excluding carboxylic acids is 2. The third-order valence-electron chi connectivity index (χ3n) is 4.37. The van der Waals surface area contributed by atoms with Crippen molar-refractivity contribution >= 4 is 23.2 Å². The van der Waals surface area contributed by atoms with Gasteiger partial charge >= 0.3 is 0 Å². The zero-order chi connectivity index (χ0) is 21.1. The highest BCUT2D eigenvalue weighted by Gasteiger charge is 2.17. The Hall–Kier alpha value is -3.92. The Balaban J connectivity index is 1.44. The minimum Gasteiger partial charge on any atom is -0.267 e. The van der Waals surface area contributed by atoms with Crippen LogP contribution in [0, 0.1) is 13.8 Å². The van der Waals surface area contributed by atoms with E-state index in [-0.39, 0.29) is 0 Å². The number of aryl methyl sites for hydroxylation is 2. The number of tetrazole rings is 1. The third kappa shape index (κ3) is 3.94. The van der Waals surface area contributed by atoms with Gasteiger partial charge in [0.2, 0.25) is 0 Å². The molecule has 0 aliphatic heterocycles. The summed E-state index contributed by atoms with van der Waals surface area (Å²) >= 11 is 1.28. The Morgan fingerprint density at radius 2 is 1.77 bits per heavy atom. The number of amides is 2. The molecule has 150 valence electrons. The summed E-state index contributed by atoms with van der Waals surface area (Å²) in [6.07, 6.45) is 1.48. The van der Waals surface area contributed by atoms with Gasteiger partial charge in [-0.15, -0.1) is 16.4 Å². The highest BCUT2D eigenvalue weighted by molar-refractivity contribution is 7.17. The molecular formula is C20H17N7O2S. The molecule has 2 heterocycles. The van der Waals surface area contributed by atoms with Gasteiger partial charge in [-0.05, 0) is 48.0 Å². The minimum absolute atomic E-state index is 0.399. The molecule has 4 aromatic rings. The van der Waals surface area contributed by atoms with Gasteiger partial charge in [-0.25, -0.2) is 9.67 Å². The van der Waals surface area contributed by atoms with Crippen LogP contribution in [-0.2, 0) is 0 Å². The Labute approximate surface area is 175 Å². The van der Waals surface area contributed by atoms with E-state index >= 15 is 0 Å². The summed E-state index contributed by atoms with van der Waals surface area (Å²) < 4.78 is 1.51. The minimum atomic E-state index is -0.430. The Morgan fingerprint density at radius 1 is 1.00 bits per heavy atom. The van der Waals surface area contributed by atoms with Crippen LogP contribution >= 0.6 is 11.3 Å². The Morgan fingerprint density at radius 3 is 2.47 bits per heavy atom. The van der Waals surface area contributed by atoms with E-state index in [0.29, 0.717) is 16.1 Å². The number of nitrogens with zero attached hydrogens (tertiary/aromatic N) is 5. The average molecular weight is 419 g/mol. The number of thiazole rings is 1. The maximum absolute atomic E-state index is 12.5. The molecule has 2 aromatic heterocycles. The maximum Gasteiger partial charge on any atom is 0.281 e. The van der Waals surface area contributed by atoms with E-state index in [1.165, 1.54) is 22.3 Å².